The predicted octanol–water partition coefficient (Wildman–Crippen LogP) is -0.0715. The van der Waals surface area contributed by atoms with Crippen molar-refractivity contribution < 1.29 is 40.9 Å². The van der Waals surface area contributed by atoms with Crippen LogP contribution in [0.4, 0.5) is 0 Å². The van der Waals surface area contributed by atoms with E-state index in [-0.39, 0.29) is 21.1 Å². The summed E-state index contributed by atoms with van der Waals surface area (Å²) in [5.74, 6) is -4.37. The topological polar surface area (TPSA) is 80.3 Å². The first-order valence-electron chi connectivity index (χ1n) is 7.47. The zero-order valence-corrected chi connectivity index (χ0v) is 16.7. The third-order valence-electron chi connectivity index (χ3n) is 3.21. The second-order valence-electron chi connectivity index (χ2n) is 4.92. The minimum Gasteiger partial charge on any atom is -0.543 e. The Morgan fingerprint density at radius 1 is 0.538 bits per heavy atom. The van der Waals surface area contributed by atoms with E-state index in [4.69, 9.17) is 19.8 Å². The summed E-state index contributed by atoms with van der Waals surface area (Å²) in [6, 6.07) is 32.3. The molecule has 3 aromatic rings. The van der Waals surface area contributed by atoms with Crippen molar-refractivity contribution in [3.05, 3.63) is 91.0 Å². The Labute approximate surface area is 167 Å². The van der Waals surface area contributed by atoms with Gasteiger partial charge in [-0.2, -0.15) is 0 Å². The van der Waals surface area contributed by atoms with Crippen LogP contribution < -0.4 is 26.1 Å². The van der Waals surface area contributed by atoms with Crippen molar-refractivity contribution in [2.24, 2.45) is 0 Å². The van der Waals surface area contributed by atoms with Gasteiger partial charge in [0, 0.05) is 0 Å². The van der Waals surface area contributed by atoms with Crippen molar-refractivity contribution in [2.75, 3.05) is 0 Å². The van der Waals surface area contributed by atoms with E-state index in [2.05, 4.69) is 91.0 Å². The second kappa shape index (κ2) is 11.4. The maximum atomic E-state index is 8.93. The van der Waals surface area contributed by atoms with Gasteiger partial charge in [-0.1, -0.05) is 91.0 Å². The molecule has 0 aliphatic carbocycles. The van der Waals surface area contributed by atoms with E-state index in [9.17, 15) is 0 Å². The SMILES string of the molecule is O=C([O-])C(=O)[O-].[Pt+2].c1ccc(P(c2ccccc2)c2ccccc2)cc1. The van der Waals surface area contributed by atoms with Crippen molar-refractivity contribution in [3.63, 3.8) is 0 Å². The molecule has 0 spiro atoms. The van der Waals surface area contributed by atoms with Gasteiger partial charge in [-0.05, 0) is 23.8 Å². The predicted molar refractivity (Wildman–Crippen MR) is 95.2 cm³/mol. The van der Waals surface area contributed by atoms with Crippen LogP contribution >= 0.6 is 7.92 Å². The van der Waals surface area contributed by atoms with Crippen LogP contribution in [-0.4, -0.2) is 11.9 Å². The van der Waals surface area contributed by atoms with Crippen LogP contribution in [0.25, 0.3) is 0 Å². The second-order valence-corrected chi connectivity index (χ2v) is 7.14. The van der Waals surface area contributed by atoms with Gasteiger partial charge in [-0.15, -0.1) is 0 Å². The molecule has 6 heteroatoms. The van der Waals surface area contributed by atoms with Crippen LogP contribution in [0.1, 0.15) is 0 Å². The fraction of sp³-hybridized carbons (Fsp3) is 0. The molecule has 134 valence electrons. The maximum absolute atomic E-state index is 8.93. The molecule has 0 aromatic heterocycles. The van der Waals surface area contributed by atoms with Crippen molar-refractivity contribution in [1.29, 1.82) is 0 Å². The van der Waals surface area contributed by atoms with Crippen molar-refractivity contribution >= 4 is 35.8 Å². The molecule has 0 amide bonds. The smallest absolute Gasteiger partial charge is 0.543 e. The first-order valence-corrected chi connectivity index (χ1v) is 8.81. The maximum Gasteiger partial charge on any atom is 2.00 e. The molecule has 0 saturated heterocycles. The molecule has 0 radical (unpaired) electrons. The van der Waals surface area contributed by atoms with Crippen LogP contribution in [0, 0.1) is 0 Å². The zero-order valence-electron chi connectivity index (χ0n) is 13.6. The minimum absolute atomic E-state index is 0. The van der Waals surface area contributed by atoms with Crippen LogP contribution in [0.2, 0.25) is 0 Å². The summed E-state index contributed by atoms with van der Waals surface area (Å²) < 4.78 is 0. The third kappa shape index (κ3) is 6.55. The van der Waals surface area contributed by atoms with Gasteiger partial charge in [0.1, 0.15) is 0 Å². The molecule has 0 aliphatic rings. The van der Waals surface area contributed by atoms with Crippen molar-refractivity contribution in [2.45, 2.75) is 0 Å². The van der Waals surface area contributed by atoms with E-state index in [1.54, 1.807) is 0 Å². The Kier molecular flexibility index (Phi) is 9.50. The number of carbonyl (C=O) groups is 2. The summed E-state index contributed by atoms with van der Waals surface area (Å²) in [6.45, 7) is 0. The fourth-order valence-electron chi connectivity index (χ4n) is 2.18. The molecule has 3 rings (SSSR count). The molecule has 26 heavy (non-hydrogen) atoms. The van der Waals surface area contributed by atoms with E-state index >= 15 is 0 Å². The summed E-state index contributed by atoms with van der Waals surface area (Å²) in [5, 5.41) is 22.0. The van der Waals surface area contributed by atoms with Crippen molar-refractivity contribution in [1.82, 2.24) is 0 Å². The molecule has 0 aliphatic heterocycles. The van der Waals surface area contributed by atoms with Crippen LogP contribution in [-0.2, 0) is 30.7 Å². The molecule has 0 bridgehead atoms. The molecule has 0 N–H and O–H groups in total. The van der Waals surface area contributed by atoms with Crippen LogP contribution in [0.3, 0.4) is 0 Å². The van der Waals surface area contributed by atoms with Crippen LogP contribution in [0.15, 0.2) is 91.0 Å². The number of hydrogen-bond acceptors (Lipinski definition) is 4. The molecular formula is C20H15O4PPt. The first-order chi connectivity index (χ1) is 12.1. The third-order valence-corrected chi connectivity index (χ3v) is 5.65. The summed E-state index contributed by atoms with van der Waals surface area (Å²) in [4.78, 5) is 17.9. The number of carbonyl (C=O) groups excluding carboxylic acids is 2. The number of carboxylic acids is 2. The first kappa shape index (κ1) is 21.8. The molecule has 0 saturated carbocycles. The van der Waals surface area contributed by atoms with Gasteiger partial charge in [0.2, 0.25) is 0 Å². The van der Waals surface area contributed by atoms with Gasteiger partial charge in [0.25, 0.3) is 0 Å². The van der Waals surface area contributed by atoms with Gasteiger partial charge >= 0.3 is 21.1 Å². The molecule has 0 atom stereocenters. The average molecular weight is 545 g/mol. The van der Waals surface area contributed by atoms with Crippen LogP contribution in [0.5, 0.6) is 0 Å². The van der Waals surface area contributed by atoms with Gasteiger partial charge < -0.3 is 19.8 Å². The molecule has 4 nitrogen and oxygen atoms in total. The van der Waals surface area contributed by atoms with E-state index in [0.29, 0.717) is 0 Å². The van der Waals surface area contributed by atoms with Gasteiger partial charge in [0.05, 0.1) is 11.9 Å². The standard InChI is InChI=1S/C18H15P.C2H2O4.Pt/c1-4-10-16(11-5-1)19(17-12-6-2-7-13-17)18-14-8-3-9-15-18;3-1(4)2(5)6;/h1-15H;(H,3,4)(H,5,6);/q;;+2/p-2. The molecule has 3 aromatic carbocycles. The Morgan fingerprint density at radius 2 is 0.769 bits per heavy atom. The zero-order chi connectivity index (χ0) is 18.1. The number of aliphatic carboxylic acids is 2. The number of benzene rings is 3. The van der Waals surface area contributed by atoms with E-state index in [0.717, 1.165) is 0 Å². The number of carboxylic acid groups (broad SMARTS) is 2. The Balaban J connectivity index is 0.000000422. The molecular weight excluding hydrogens is 530 g/mol. The normalized spacial score (nSPS) is 9.42. The summed E-state index contributed by atoms with van der Waals surface area (Å²) >= 11 is 0. The van der Waals surface area contributed by atoms with Crippen molar-refractivity contribution in [3.8, 4) is 0 Å². The molecule has 0 fully saturated rings. The summed E-state index contributed by atoms with van der Waals surface area (Å²) in [7, 11) is -0.446. The monoisotopic (exact) mass is 545 g/mol. The van der Waals surface area contributed by atoms with Gasteiger partial charge in [0.15, 0.2) is 0 Å². The Morgan fingerprint density at radius 3 is 0.962 bits per heavy atom. The van der Waals surface area contributed by atoms with Gasteiger partial charge in [-0.3, -0.25) is 0 Å². The average Bonchev–Trinajstić information content (AvgIpc) is 2.65. The van der Waals surface area contributed by atoms with E-state index < -0.39 is 19.9 Å². The van der Waals surface area contributed by atoms with E-state index in [1.807, 2.05) is 0 Å². The fourth-order valence-corrected chi connectivity index (χ4v) is 4.48. The Hall–Kier alpha value is -2.28. The molecule has 0 heterocycles. The number of hydrogen-bond donors (Lipinski definition) is 0. The largest absolute Gasteiger partial charge is 2.00 e. The number of rotatable bonds is 3. The summed E-state index contributed by atoms with van der Waals surface area (Å²) in [5.41, 5.74) is 0. The Bertz CT molecular complexity index is 705. The minimum atomic E-state index is -2.19. The van der Waals surface area contributed by atoms with E-state index in [1.165, 1.54) is 15.9 Å². The molecule has 0 unspecified atom stereocenters. The summed E-state index contributed by atoms with van der Waals surface area (Å²) in [6.07, 6.45) is 0. The quantitative estimate of drug-likeness (QED) is 0.341. The van der Waals surface area contributed by atoms with Gasteiger partial charge in [-0.25, -0.2) is 0 Å².